The van der Waals surface area contributed by atoms with Crippen LogP contribution in [0.1, 0.15) is 32.7 Å². The molecule has 7 heteroatoms. The molecule has 20 heavy (non-hydrogen) atoms. The van der Waals surface area contributed by atoms with Crippen molar-refractivity contribution in [3.05, 3.63) is 12.4 Å². The fraction of sp³-hybridized carbons (Fsp3) is 0.692. The Hall–Kier alpha value is -1.29. The van der Waals surface area contributed by atoms with Crippen molar-refractivity contribution in [1.29, 1.82) is 5.26 Å². The molecule has 5 nitrogen and oxygen atoms in total. The summed E-state index contributed by atoms with van der Waals surface area (Å²) in [6, 6.07) is 0.157. The van der Waals surface area contributed by atoms with Gasteiger partial charge in [0, 0.05) is 18.2 Å². The van der Waals surface area contributed by atoms with Crippen LogP contribution < -0.4 is 0 Å². The quantitative estimate of drug-likeness (QED) is 0.797. The van der Waals surface area contributed by atoms with Gasteiger partial charge < -0.3 is 0 Å². The zero-order chi connectivity index (χ0) is 14.8. The van der Waals surface area contributed by atoms with E-state index in [1.165, 1.54) is 6.20 Å². The maximum Gasteiger partial charge on any atom is 0.267 e. The minimum Gasteiger partial charge on any atom is -0.269 e. The summed E-state index contributed by atoms with van der Waals surface area (Å²) in [5, 5.41) is 13.0. The van der Waals surface area contributed by atoms with Gasteiger partial charge in [0.2, 0.25) is 0 Å². The highest BCUT2D eigenvalue weighted by atomic mass is 32.2. The molecule has 108 valence electrons. The highest BCUT2D eigenvalue weighted by Crippen LogP contribution is 2.28. The van der Waals surface area contributed by atoms with Crippen LogP contribution in [0.15, 0.2) is 17.3 Å². The largest absolute Gasteiger partial charge is 0.269 e. The van der Waals surface area contributed by atoms with Crippen LogP contribution >= 0.6 is 0 Å². The van der Waals surface area contributed by atoms with E-state index in [4.69, 9.17) is 5.26 Å². The van der Waals surface area contributed by atoms with Crippen molar-refractivity contribution < 1.29 is 8.42 Å². The first-order valence-corrected chi connectivity index (χ1v) is 8.74. The minimum absolute atomic E-state index is 0.109. The second-order valence-corrected chi connectivity index (χ2v) is 7.91. The highest BCUT2D eigenvalue weighted by Gasteiger charge is 2.29. The van der Waals surface area contributed by atoms with Crippen molar-refractivity contribution in [3.63, 3.8) is 0 Å². The summed E-state index contributed by atoms with van der Waals surface area (Å²) in [6.45, 7) is 4.04. The van der Waals surface area contributed by atoms with E-state index >= 15 is 0 Å². The van der Waals surface area contributed by atoms with Gasteiger partial charge in [-0.2, -0.15) is 5.10 Å². The average Bonchev–Trinajstić information content (AvgIpc) is 2.90. The summed E-state index contributed by atoms with van der Waals surface area (Å²) < 4.78 is 26.4. The van der Waals surface area contributed by atoms with Gasteiger partial charge in [-0.15, -0.1) is 0 Å². The van der Waals surface area contributed by atoms with Crippen molar-refractivity contribution >= 4 is 16.6 Å². The molecule has 0 amide bonds. The van der Waals surface area contributed by atoms with Crippen LogP contribution in [0.4, 0.5) is 0 Å². The zero-order valence-electron chi connectivity index (χ0n) is 12.0. The Balaban J connectivity index is 2.02. The number of nitriles is 1. The first-order chi connectivity index (χ1) is 9.42. The van der Waals surface area contributed by atoms with Crippen LogP contribution in [-0.2, 0) is 9.84 Å². The summed E-state index contributed by atoms with van der Waals surface area (Å²) in [7, 11) is -3.26. The van der Waals surface area contributed by atoms with Crippen molar-refractivity contribution in [3.8, 4) is 5.97 Å². The van der Waals surface area contributed by atoms with Crippen LogP contribution in [0, 0.1) is 17.1 Å². The molecular formula is C13H20BN3O2S. The van der Waals surface area contributed by atoms with Gasteiger partial charge in [0.25, 0.3) is 6.71 Å². The molecular weight excluding hydrogens is 273 g/mol. The van der Waals surface area contributed by atoms with E-state index in [0.29, 0.717) is 4.90 Å². The first-order valence-electron chi connectivity index (χ1n) is 7.09. The maximum atomic E-state index is 12.4. The molecule has 0 spiro atoms. The summed E-state index contributed by atoms with van der Waals surface area (Å²) in [4.78, 5) is 0.314. The molecule has 1 aromatic rings. The lowest BCUT2D eigenvalue weighted by molar-refractivity contribution is 0.505. The second-order valence-electron chi connectivity index (χ2n) is 5.88. The topological polar surface area (TPSA) is 75.8 Å². The van der Waals surface area contributed by atoms with E-state index in [1.807, 2.05) is 13.8 Å². The maximum absolute atomic E-state index is 12.4. The molecule has 0 radical (unpaired) electrons. The van der Waals surface area contributed by atoms with Crippen LogP contribution in [0.25, 0.3) is 0 Å². The molecule has 0 unspecified atom stereocenters. The van der Waals surface area contributed by atoms with E-state index in [0.717, 1.165) is 25.5 Å². The van der Waals surface area contributed by atoms with E-state index in [1.54, 1.807) is 10.9 Å². The standard InChI is InChI=1S/C13H20BN3O2S/c1-11(2)17-8-13(7-16-17)20(18,19)9-12-3-5-14(10-15)6-4-12/h7-8,11-12H,3-6,9H2,1-2H3. The van der Waals surface area contributed by atoms with E-state index in [-0.39, 0.29) is 24.4 Å². The van der Waals surface area contributed by atoms with Gasteiger partial charge in [-0.05, 0) is 19.8 Å². The molecule has 0 aliphatic carbocycles. The van der Waals surface area contributed by atoms with Crippen LogP contribution in [0.2, 0.25) is 12.6 Å². The van der Waals surface area contributed by atoms with Crippen LogP contribution in [0.5, 0.6) is 0 Å². The SMILES string of the molecule is CC(C)n1cc(S(=O)(=O)CC2CCB(C#N)CC2)cn1. The number of aromatic nitrogens is 2. The van der Waals surface area contributed by atoms with Gasteiger partial charge >= 0.3 is 0 Å². The third-order valence-corrected chi connectivity index (χ3v) is 5.79. The Labute approximate surface area is 121 Å². The smallest absolute Gasteiger partial charge is 0.267 e. The summed E-state index contributed by atoms with van der Waals surface area (Å²) in [6.07, 6.45) is 6.35. The lowest BCUT2D eigenvalue weighted by atomic mass is 9.42. The molecule has 2 rings (SSSR count). The van der Waals surface area contributed by atoms with Gasteiger partial charge in [-0.1, -0.05) is 25.5 Å². The highest BCUT2D eigenvalue weighted by molar-refractivity contribution is 7.91. The molecule has 1 fully saturated rings. The Kier molecular flexibility index (Phi) is 4.54. The van der Waals surface area contributed by atoms with Crippen molar-refractivity contribution in [2.45, 2.75) is 50.3 Å². The van der Waals surface area contributed by atoms with Gasteiger partial charge in [0.1, 0.15) is 4.90 Å². The molecule has 1 aliphatic rings. The van der Waals surface area contributed by atoms with E-state index in [9.17, 15) is 8.42 Å². The van der Waals surface area contributed by atoms with Crippen LogP contribution in [0.3, 0.4) is 0 Å². The van der Waals surface area contributed by atoms with Crippen molar-refractivity contribution in [2.24, 2.45) is 5.92 Å². The fourth-order valence-corrected chi connectivity index (χ4v) is 4.25. The number of rotatable bonds is 4. The van der Waals surface area contributed by atoms with Gasteiger partial charge in [0.15, 0.2) is 9.84 Å². The molecule has 1 aromatic heterocycles. The van der Waals surface area contributed by atoms with Gasteiger partial charge in [0.05, 0.1) is 11.9 Å². The van der Waals surface area contributed by atoms with E-state index < -0.39 is 9.84 Å². The predicted octanol–water partition coefficient (Wildman–Crippen LogP) is 2.21. The van der Waals surface area contributed by atoms with E-state index in [2.05, 4.69) is 11.1 Å². The number of sulfone groups is 1. The first kappa shape index (κ1) is 15.1. The Morgan fingerprint density at radius 1 is 1.50 bits per heavy atom. The third-order valence-electron chi connectivity index (χ3n) is 3.95. The predicted molar refractivity (Wildman–Crippen MR) is 78.4 cm³/mol. The number of hydrogen-bond donors (Lipinski definition) is 0. The lowest BCUT2D eigenvalue weighted by Gasteiger charge is -2.22. The monoisotopic (exact) mass is 293 g/mol. The lowest BCUT2D eigenvalue weighted by Crippen LogP contribution is -2.25. The number of nitrogens with zero attached hydrogens (tertiary/aromatic N) is 3. The van der Waals surface area contributed by atoms with Crippen molar-refractivity contribution in [2.75, 3.05) is 5.75 Å². The normalized spacial score (nSPS) is 17.4. The second kappa shape index (κ2) is 6.00. The molecule has 1 saturated heterocycles. The summed E-state index contributed by atoms with van der Waals surface area (Å²) >= 11 is 0. The number of hydrogen-bond acceptors (Lipinski definition) is 4. The molecule has 0 aromatic carbocycles. The Morgan fingerprint density at radius 2 is 2.15 bits per heavy atom. The third kappa shape index (κ3) is 3.43. The Bertz CT molecular complexity index is 595. The fourth-order valence-electron chi connectivity index (χ4n) is 2.63. The molecule has 0 bridgehead atoms. The molecule has 2 heterocycles. The van der Waals surface area contributed by atoms with Crippen molar-refractivity contribution in [1.82, 2.24) is 9.78 Å². The summed E-state index contributed by atoms with van der Waals surface area (Å²) in [5.74, 6) is 2.62. The van der Waals surface area contributed by atoms with Gasteiger partial charge in [-0.25, -0.2) is 13.7 Å². The average molecular weight is 293 g/mol. The minimum atomic E-state index is -3.26. The summed E-state index contributed by atoms with van der Waals surface area (Å²) in [5.41, 5.74) is 0. The molecule has 0 N–H and O–H groups in total. The zero-order valence-corrected chi connectivity index (χ0v) is 12.8. The molecule has 0 atom stereocenters. The van der Waals surface area contributed by atoms with Crippen LogP contribution in [-0.4, -0.2) is 30.7 Å². The Morgan fingerprint density at radius 3 is 2.65 bits per heavy atom. The molecule has 0 saturated carbocycles. The molecule has 1 aliphatic heterocycles. The van der Waals surface area contributed by atoms with Gasteiger partial charge in [-0.3, -0.25) is 4.68 Å².